The van der Waals surface area contributed by atoms with Gasteiger partial charge >= 0.3 is 0 Å². The molecule has 1 rings (SSSR count). The second-order valence-electron chi connectivity index (χ2n) is 4.68. The molecule has 1 unspecified atom stereocenters. The summed E-state index contributed by atoms with van der Waals surface area (Å²) in [6, 6.07) is 7.40. The summed E-state index contributed by atoms with van der Waals surface area (Å²) in [4.78, 5) is 23.2. The Morgan fingerprint density at radius 3 is 2.40 bits per heavy atom. The first-order valence-corrected chi connectivity index (χ1v) is 6.74. The maximum atomic E-state index is 11.7. The SMILES string of the molecule is CCC(C)NC(=O)CNC(=O)Cc1ccc(OC)cc1. The molecule has 20 heavy (non-hydrogen) atoms. The van der Waals surface area contributed by atoms with Crippen molar-refractivity contribution in [3.05, 3.63) is 29.8 Å². The molecule has 5 heteroatoms. The third-order valence-electron chi connectivity index (χ3n) is 2.99. The summed E-state index contributed by atoms with van der Waals surface area (Å²) in [5.74, 6) is 0.416. The van der Waals surface area contributed by atoms with Crippen molar-refractivity contribution in [2.24, 2.45) is 0 Å². The number of rotatable bonds is 7. The second kappa shape index (κ2) is 8.19. The maximum Gasteiger partial charge on any atom is 0.239 e. The molecule has 0 aliphatic carbocycles. The van der Waals surface area contributed by atoms with Gasteiger partial charge in [0.05, 0.1) is 20.1 Å². The van der Waals surface area contributed by atoms with Crippen LogP contribution in [0.4, 0.5) is 0 Å². The van der Waals surface area contributed by atoms with Crippen LogP contribution >= 0.6 is 0 Å². The fraction of sp³-hybridized carbons (Fsp3) is 0.467. The molecule has 0 saturated heterocycles. The van der Waals surface area contributed by atoms with Gasteiger partial charge in [0.25, 0.3) is 0 Å². The lowest BCUT2D eigenvalue weighted by Gasteiger charge is -2.11. The van der Waals surface area contributed by atoms with E-state index in [0.29, 0.717) is 0 Å². The molecule has 0 heterocycles. The molecule has 0 radical (unpaired) electrons. The summed E-state index contributed by atoms with van der Waals surface area (Å²) in [7, 11) is 1.59. The van der Waals surface area contributed by atoms with Gasteiger partial charge in [-0.15, -0.1) is 0 Å². The molecule has 2 amide bonds. The van der Waals surface area contributed by atoms with Crippen LogP contribution < -0.4 is 15.4 Å². The Morgan fingerprint density at radius 1 is 1.20 bits per heavy atom. The number of benzene rings is 1. The smallest absolute Gasteiger partial charge is 0.239 e. The minimum atomic E-state index is -0.172. The number of hydrogen-bond donors (Lipinski definition) is 2. The van der Waals surface area contributed by atoms with Crippen molar-refractivity contribution in [3.8, 4) is 5.75 Å². The summed E-state index contributed by atoms with van der Waals surface area (Å²) < 4.78 is 5.05. The summed E-state index contributed by atoms with van der Waals surface area (Å²) in [5.41, 5.74) is 0.880. The van der Waals surface area contributed by atoms with Crippen LogP contribution in [0.3, 0.4) is 0 Å². The fourth-order valence-corrected chi connectivity index (χ4v) is 1.60. The maximum absolute atomic E-state index is 11.7. The first kappa shape index (κ1) is 16.0. The zero-order valence-electron chi connectivity index (χ0n) is 12.2. The number of hydrogen-bond acceptors (Lipinski definition) is 3. The zero-order chi connectivity index (χ0) is 15.0. The van der Waals surface area contributed by atoms with Crippen LogP contribution in [0, 0.1) is 0 Å². The molecule has 1 atom stereocenters. The lowest BCUT2D eigenvalue weighted by atomic mass is 10.1. The van der Waals surface area contributed by atoms with Crippen LogP contribution in [0.2, 0.25) is 0 Å². The van der Waals surface area contributed by atoms with Gasteiger partial charge in [0.15, 0.2) is 0 Å². The first-order chi connectivity index (χ1) is 9.55. The van der Waals surface area contributed by atoms with Gasteiger partial charge in [-0.25, -0.2) is 0 Å². The Hall–Kier alpha value is -2.04. The van der Waals surface area contributed by atoms with E-state index < -0.39 is 0 Å². The normalized spacial score (nSPS) is 11.6. The molecule has 0 aliphatic heterocycles. The number of methoxy groups -OCH3 is 1. The third-order valence-corrected chi connectivity index (χ3v) is 2.99. The van der Waals surface area contributed by atoms with E-state index in [1.807, 2.05) is 26.0 Å². The molecule has 0 bridgehead atoms. The van der Waals surface area contributed by atoms with E-state index in [2.05, 4.69) is 10.6 Å². The first-order valence-electron chi connectivity index (χ1n) is 6.74. The lowest BCUT2D eigenvalue weighted by molar-refractivity contribution is -0.126. The van der Waals surface area contributed by atoms with E-state index in [4.69, 9.17) is 4.74 Å². The minimum Gasteiger partial charge on any atom is -0.497 e. The third kappa shape index (κ3) is 5.73. The molecule has 5 nitrogen and oxygen atoms in total. The van der Waals surface area contributed by atoms with E-state index in [0.717, 1.165) is 17.7 Å². The second-order valence-corrected chi connectivity index (χ2v) is 4.68. The monoisotopic (exact) mass is 278 g/mol. The average molecular weight is 278 g/mol. The molecule has 2 N–H and O–H groups in total. The number of carbonyl (C=O) groups excluding carboxylic acids is 2. The minimum absolute atomic E-state index is 0.0132. The van der Waals surface area contributed by atoms with Crippen molar-refractivity contribution < 1.29 is 14.3 Å². The molecule has 0 aromatic heterocycles. The van der Waals surface area contributed by atoms with Gasteiger partial charge in [0.2, 0.25) is 11.8 Å². The predicted molar refractivity (Wildman–Crippen MR) is 77.6 cm³/mol. The lowest BCUT2D eigenvalue weighted by Crippen LogP contribution is -2.41. The molecule has 0 saturated carbocycles. The highest BCUT2D eigenvalue weighted by molar-refractivity contribution is 5.85. The molecular weight excluding hydrogens is 256 g/mol. The van der Waals surface area contributed by atoms with Crippen LogP contribution in [-0.4, -0.2) is 31.5 Å². The van der Waals surface area contributed by atoms with E-state index in [-0.39, 0.29) is 30.8 Å². The number of carbonyl (C=O) groups is 2. The number of amides is 2. The molecule has 0 aliphatic rings. The van der Waals surface area contributed by atoms with Crippen molar-refractivity contribution in [3.63, 3.8) is 0 Å². The number of ether oxygens (including phenoxy) is 1. The zero-order valence-corrected chi connectivity index (χ0v) is 12.2. The van der Waals surface area contributed by atoms with Crippen LogP contribution in [0.5, 0.6) is 5.75 Å². The van der Waals surface area contributed by atoms with E-state index in [1.165, 1.54) is 0 Å². The van der Waals surface area contributed by atoms with Gasteiger partial charge < -0.3 is 15.4 Å². The van der Waals surface area contributed by atoms with Gasteiger partial charge in [-0.3, -0.25) is 9.59 Å². The molecule has 0 spiro atoms. The quantitative estimate of drug-likeness (QED) is 0.789. The standard InChI is InChI=1S/C15H22N2O3/c1-4-11(2)17-15(19)10-16-14(18)9-12-5-7-13(20-3)8-6-12/h5-8,11H,4,9-10H2,1-3H3,(H,16,18)(H,17,19). The highest BCUT2D eigenvalue weighted by atomic mass is 16.5. The summed E-state index contributed by atoms with van der Waals surface area (Å²) in [6.45, 7) is 3.93. The van der Waals surface area contributed by atoms with Crippen molar-refractivity contribution in [1.82, 2.24) is 10.6 Å². The van der Waals surface area contributed by atoms with Gasteiger partial charge in [-0.05, 0) is 31.0 Å². The van der Waals surface area contributed by atoms with Gasteiger partial charge in [0, 0.05) is 6.04 Å². The van der Waals surface area contributed by atoms with Crippen LogP contribution in [0.1, 0.15) is 25.8 Å². The predicted octanol–water partition coefficient (Wildman–Crippen LogP) is 1.27. The highest BCUT2D eigenvalue weighted by Gasteiger charge is 2.08. The summed E-state index contributed by atoms with van der Waals surface area (Å²) >= 11 is 0. The largest absolute Gasteiger partial charge is 0.497 e. The molecule has 1 aromatic carbocycles. The summed E-state index contributed by atoms with van der Waals surface area (Å²) in [5, 5.41) is 5.40. The topological polar surface area (TPSA) is 67.4 Å². The van der Waals surface area contributed by atoms with Crippen LogP contribution in [-0.2, 0) is 16.0 Å². The van der Waals surface area contributed by atoms with Crippen molar-refractivity contribution in [2.75, 3.05) is 13.7 Å². The molecule has 0 fully saturated rings. The number of nitrogens with one attached hydrogen (secondary N) is 2. The Morgan fingerprint density at radius 2 is 1.85 bits per heavy atom. The van der Waals surface area contributed by atoms with Crippen LogP contribution in [0.15, 0.2) is 24.3 Å². The highest BCUT2D eigenvalue weighted by Crippen LogP contribution is 2.11. The van der Waals surface area contributed by atoms with Gasteiger partial charge in [-0.2, -0.15) is 0 Å². The van der Waals surface area contributed by atoms with E-state index in [9.17, 15) is 9.59 Å². The van der Waals surface area contributed by atoms with Crippen LogP contribution in [0.25, 0.3) is 0 Å². The van der Waals surface area contributed by atoms with Crippen molar-refractivity contribution in [1.29, 1.82) is 0 Å². The molecular formula is C15H22N2O3. The van der Waals surface area contributed by atoms with Gasteiger partial charge in [-0.1, -0.05) is 19.1 Å². The fourth-order valence-electron chi connectivity index (χ4n) is 1.60. The van der Waals surface area contributed by atoms with E-state index >= 15 is 0 Å². The van der Waals surface area contributed by atoms with Crippen molar-refractivity contribution in [2.45, 2.75) is 32.7 Å². The average Bonchev–Trinajstić information content (AvgIpc) is 2.45. The Bertz CT molecular complexity index is 443. The Labute approximate surface area is 119 Å². The van der Waals surface area contributed by atoms with E-state index in [1.54, 1.807) is 19.2 Å². The Kier molecular flexibility index (Phi) is 6.56. The summed E-state index contributed by atoms with van der Waals surface area (Å²) in [6.07, 6.45) is 1.12. The van der Waals surface area contributed by atoms with Crippen molar-refractivity contribution >= 4 is 11.8 Å². The molecule has 110 valence electrons. The Balaban J connectivity index is 2.34. The van der Waals surface area contributed by atoms with Gasteiger partial charge in [0.1, 0.15) is 5.75 Å². The molecule has 1 aromatic rings.